The number of aryl methyl sites for hydroxylation is 2. The molecule has 2 aromatic heterocycles. The van der Waals surface area contributed by atoms with Gasteiger partial charge in [0.15, 0.2) is 11.2 Å². The summed E-state index contributed by atoms with van der Waals surface area (Å²) in [5.74, 6) is -0.461. The predicted molar refractivity (Wildman–Crippen MR) is 146 cm³/mol. The van der Waals surface area contributed by atoms with E-state index in [0.717, 1.165) is 17.0 Å². The van der Waals surface area contributed by atoms with Crippen LogP contribution in [0.15, 0.2) is 59.6 Å². The van der Waals surface area contributed by atoms with Crippen LogP contribution in [-0.2, 0) is 26.1 Å². The zero-order valence-corrected chi connectivity index (χ0v) is 23.4. The Hall–Kier alpha value is -3.51. The SMILES string of the molecule is Cc1c([C@H](CC(=O)O)c2ccc(Cl)c(CN3CC4(COC4)Oc4ccccc4S3(=O)=O)c2)ccn2c(C)nnc12. The molecule has 0 saturated carbocycles. The number of carboxylic acid groups (broad SMARTS) is 1. The summed E-state index contributed by atoms with van der Waals surface area (Å²) in [5, 5.41) is 18.6. The Labute approximate surface area is 236 Å². The molecule has 1 fully saturated rings. The van der Waals surface area contributed by atoms with Crippen LogP contribution in [0.5, 0.6) is 5.75 Å². The first-order chi connectivity index (χ1) is 19.1. The minimum atomic E-state index is -3.93. The minimum Gasteiger partial charge on any atom is -0.481 e. The molecule has 10 nitrogen and oxygen atoms in total. The lowest BCUT2D eigenvalue weighted by Gasteiger charge is -2.41. The maximum atomic E-state index is 13.8. The van der Waals surface area contributed by atoms with Crippen molar-refractivity contribution in [3.8, 4) is 5.75 Å². The van der Waals surface area contributed by atoms with Crippen molar-refractivity contribution < 1.29 is 27.8 Å². The van der Waals surface area contributed by atoms with Crippen LogP contribution >= 0.6 is 11.6 Å². The van der Waals surface area contributed by atoms with Gasteiger partial charge in [0.2, 0.25) is 10.0 Å². The molecule has 12 heteroatoms. The lowest BCUT2D eigenvalue weighted by Crippen LogP contribution is -2.60. The lowest BCUT2D eigenvalue weighted by molar-refractivity contribution is -0.165. The lowest BCUT2D eigenvalue weighted by atomic mass is 9.86. The van der Waals surface area contributed by atoms with E-state index in [-0.39, 0.29) is 37.6 Å². The van der Waals surface area contributed by atoms with Crippen molar-refractivity contribution in [2.45, 2.75) is 43.2 Å². The van der Waals surface area contributed by atoms with Crippen molar-refractivity contribution in [2.24, 2.45) is 0 Å². The first-order valence-electron chi connectivity index (χ1n) is 12.7. The number of rotatable bonds is 6. The van der Waals surface area contributed by atoms with Crippen LogP contribution in [0.1, 0.15) is 40.4 Å². The van der Waals surface area contributed by atoms with Crippen LogP contribution in [-0.4, -0.2) is 63.8 Å². The Bertz CT molecular complexity index is 1750. The average molecular weight is 583 g/mol. The molecule has 0 aliphatic carbocycles. The number of carboxylic acids is 1. The third kappa shape index (κ3) is 4.52. The molecule has 0 radical (unpaired) electrons. The number of hydrogen-bond acceptors (Lipinski definition) is 7. The molecule has 1 spiro atoms. The molecule has 6 rings (SSSR count). The number of hydrogen-bond donors (Lipinski definition) is 1. The number of pyridine rings is 1. The third-order valence-electron chi connectivity index (χ3n) is 7.60. The number of para-hydroxylation sites is 1. The highest BCUT2D eigenvalue weighted by molar-refractivity contribution is 7.89. The highest BCUT2D eigenvalue weighted by Gasteiger charge is 2.49. The maximum Gasteiger partial charge on any atom is 0.304 e. The normalized spacial score (nSPS) is 18.5. The third-order valence-corrected chi connectivity index (χ3v) is 9.80. The van der Waals surface area contributed by atoms with Gasteiger partial charge in [0.05, 0.1) is 26.2 Å². The van der Waals surface area contributed by atoms with Gasteiger partial charge in [-0.25, -0.2) is 8.42 Å². The number of nitrogens with zero attached hydrogens (tertiary/aromatic N) is 4. The van der Waals surface area contributed by atoms with E-state index in [2.05, 4.69) is 10.2 Å². The number of sulfonamides is 1. The van der Waals surface area contributed by atoms with Crippen LogP contribution in [0.4, 0.5) is 0 Å². The topological polar surface area (TPSA) is 123 Å². The van der Waals surface area contributed by atoms with Gasteiger partial charge in [-0.05, 0) is 60.4 Å². The maximum absolute atomic E-state index is 13.8. The Morgan fingerprint density at radius 1 is 1.15 bits per heavy atom. The van der Waals surface area contributed by atoms with E-state index in [1.165, 1.54) is 10.4 Å². The molecule has 4 aromatic rings. The monoisotopic (exact) mass is 582 g/mol. The van der Waals surface area contributed by atoms with Gasteiger partial charge < -0.3 is 14.6 Å². The zero-order chi connectivity index (χ0) is 28.2. The Morgan fingerprint density at radius 3 is 2.65 bits per heavy atom. The average Bonchev–Trinajstić information content (AvgIpc) is 3.24. The second-order valence-corrected chi connectivity index (χ2v) is 12.6. The minimum absolute atomic E-state index is 0.0182. The van der Waals surface area contributed by atoms with Crippen molar-refractivity contribution >= 4 is 33.2 Å². The van der Waals surface area contributed by atoms with E-state index >= 15 is 0 Å². The molecule has 0 bridgehead atoms. The smallest absolute Gasteiger partial charge is 0.304 e. The van der Waals surface area contributed by atoms with Crippen LogP contribution in [0.25, 0.3) is 5.65 Å². The fourth-order valence-electron chi connectivity index (χ4n) is 5.47. The fourth-order valence-corrected chi connectivity index (χ4v) is 7.26. The Morgan fingerprint density at radius 2 is 1.93 bits per heavy atom. The zero-order valence-electron chi connectivity index (χ0n) is 21.9. The number of fused-ring (bicyclic) bond motifs is 2. The summed E-state index contributed by atoms with van der Waals surface area (Å²) in [6.07, 6.45) is 1.66. The van der Waals surface area contributed by atoms with Gasteiger partial charge in [-0.1, -0.05) is 35.9 Å². The van der Waals surface area contributed by atoms with E-state index in [1.54, 1.807) is 36.4 Å². The summed E-state index contributed by atoms with van der Waals surface area (Å²) in [6, 6.07) is 13.7. The molecular formula is C28H27ClN4O6S. The molecule has 2 aromatic carbocycles. The van der Waals surface area contributed by atoms with E-state index in [1.807, 2.05) is 30.5 Å². The summed E-state index contributed by atoms with van der Waals surface area (Å²) >= 11 is 6.62. The molecule has 0 amide bonds. The van der Waals surface area contributed by atoms with Crippen molar-refractivity contribution in [3.63, 3.8) is 0 Å². The molecule has 1 N–H and O–H groups in total. The van der Waals surface area contributed by atoms with Gasteiger partial charge in [-0.15, -0.1) is 10.2 Å². The van der Waals surface area contributed by atoms with E-state index in [9.17, 15) is 18.3 Å². The number of halogens is 1. The highest BCUT2D eigenvalue weighted by atomic mass is 35.5. The Kier molecular flexibility index (Phi) is 6.57. The fraction of sp³-hybridized carbons (Fsp3) is 0.321. The van der Waals surface area contributed by atoms with Gasteiger partial charge in [-0.2, -0.15) is 4.31 Å². The van der Waals surface area contributed by atoms with Crippen molar-refractivity contribution in [2.75, 3.05) is 19.8 Å². The quantitative estimate of drug-likeness (QED) is 0.362. The van der Waals surface area contributed by atoms with Crippen LogP contribution in [0, 0.1) is 13.8 Å². The molecule has 1 atom stereocenters. The van der Waals surface area contributed by atoms with E-state index in [0.29, 0.717) is 27.5 Å². The standard InChI is InChI=1S/C28H27ClN4O6S/c1-17-21(9-10-33-18(2)30-31-27(17)33)22(12-26(34)35)19-7-8-23(29)20(11-19)13-32-14-28(15-38-16-28)39-24-5-3-4-6-25(24)40(32,36)37/h3-11,22H,12-16H2,1-2H3,(H,34,35)/t22-/m1/s1. The number of aliphatic carboxylic acids is 1. The number of aromatic nitrogens is 3. The van der Waals surface area contributed by atoms with Gasteiger partial charge in [0.1, 0.15) is 16.5 Å². The molecule has 40 heavy (non-hydrogen) atoms. The van der Waals surface area contributed by atoms with Gasteiger partial charge in [0.25, 0.3) is 0 Å². The largest absolute Gasteiger partial charge is 0.481 e. The van der Waals surface area contributed by atoms with Crippen molar-refractivity contribution in [1.29, 1.82) is 0 Å². The number of benzene rings is 2. The summed E-state index contributed by atoms with van der Waals surface area (Å²) in [4.78, 5) is 12.1. The second-order valence-electron chi connectivity index (χ2n) is 10.3. The first kappa shape index (κ1) is 26.7. The Balaban J connectivity index is 1.41. The summed E-state index contributed by atoms with van der Waals surface area (Å²) in [5.41, 5.74) is 2.74. The van der Waals surface area contributed by atoms with Crippen LogP contribution in [0.2, 0.25) is 5.02 Å². The molecule has 2 aliphatic heterocycles. The number of carbonyl (C=O) groups is 1. The molecule has 208 valence electrons. The van der Waals surface area contributed by atoms with Gasteiger partial charge in [-0.3, -0.25) is 9.20 Å². The van der Waals surface area contributed by atoms with Gasteiger partial charge >= 0.3 is 5.97 Å². The van der Waals surface area contributed by atoms with Crippen LogP contribution < -0.4 is 4.74 Å². The van der Waals surface area contributed by atoms with E-state index in [4.69, 9.17) is 21.1 Å². The number of ether oxygens (including phenoxy) is 2. The highest BCUT2D eigenvalue weighted by Crippen LogP contribution is 2.39. The van der Waals surface area contributed by atoms with Crippen molar-refractivity contribution in [3.05, 3.63) is 87.8 Å². The summed E-state index contributed by atoms with van der Waals surface area (Å²) < 4.78 is 42.4. The summed E-state index contributed by atoms with van der Waals surface area (Å²) in [7, 11) is -3.93. The second kappa shape index (κ2) is 9.84. The molecule has 4 heterocycles. The van der Waals surface area contributed by atoms with Crippen molar-refractivity contribution in [1.82, 2.24) is 18.9 Å². The predicted octanol–water partition coefficient (Wildman–Crippen LogP) is 3.96. The molecule has 1 saturated heterocycles. The molecule has 0 unspecified atom stereocenters. The van der Waals surface area contributed by atoms with E-state index < -0.39 is 27.5 Å². The summed E-state index contributed by atoms with van der Waals surface area (Å²) in [6.45, 7) is 4.35. The first-order valence-corrected chi connectivity index (χ1v) is 14.6. The van der Waals surface area contributed by atoms with Gasteiger partial charge in [0, 0.05) is 23.7 Å². The molecular weight excluding hydrogens is 556 g/mol. The van der Waals surface area contributed by atoms with Crippen LogP contribution in [0.3, 0.4) is 0 Å². The molecule has 2 aliphatic rings.